The summed E-state index contributed by atoms with van der Waals surface area (Å²) in [4.78, 5) is 20.7. The standard InChI is InChI=1S/C8H6O4.C7H8/c9-7(10)5-1-2-6(4-3-5)8(11)12;1-7-5-3-2-4-6-7/h1-4H,(H,9,10)(H,11,12);2-6H,1H3. The van der Waals surface area contributed by atoms with Gasteiger partial charge in [0.1, 0.15) is 0 Å². The number of benzene rings is 2. The molecule has 0 aliphatic heterocycles. The van der Waals surface area contributed by atoms with Gasteiger partial charge in [0.05, 0.1) is 11.1 Å². The van der Waals surface area contributed by atoms with E-state index in [0.29, 0.717) is 0 Å². The van der Waals surface area contributed by atoms with Crippen LogP contribution in [0.2, 0.25) is 0 Å². The Hall–Kier alpha value is -2.62. The maximum absolute atomic E-state index is 10.3. The van der Waals surface area contributed by atoms with E-state index in [-0.39, 0.29) is 11.1 Å². The van der Waals surface area contributed by atoms with Crippen molar-refractivity contribution in [3.8, 4) is 0 Å². The lowest BCUT2D eigenvalue weighted by atomic mass is 10.1. The van der Waals surface area contributed by atoms with Crippen LogP contribution in [0.3, 0.4) is 0 Å². The number of aromatic carboxylic acids is 2. The molecule has 19 heavy (non-hydrogen) atoms. The molecular formula is C15H14O4. The highest BCUT2D eigenvalue weighted by molar-refractivity contribution is 5.91. The van der Waals surface area contributed by atoms with Crippen molar-refractivity contribution in [2.75, 3.05) is 0 Å². The van der Waals surface area contributed by atoms with Crippen LogP contribution in [-0.4, -0.2) is 22.2 Å². The molecule has 4 heteroatoms. The number of carboxylic acids is 2. The Balaban J connectivity index is 0.000000218. The van der Waals surface area contributed by atoms with Gasteiger partial charge in [-0.2, -0.15) is 0 Å². The Bertz CT molecular complexity index is 511. The molecule has 0 saturated carbocycles. The quantitative estimate of drug-likeness (QED) is 0.868. The van der Waals surface area contributed by atoms with Gasteiger partial charge >= 0.3 is 11.9 Å². The summed E-state index contributed by atoms with van der Waals surface area (Å²) in [5, 5.41) is 16.9. The maximum Gasteiger partial charge on any atom is 0.335 e. The molecule has 0 bridgehead atoms. The van der Waals surface area contributed by atoms with Gasteiger partial charge in [-0.15, -0.1) is 0 Å². The second-order valence-corrected chi connectivity index (χ2v) is 3.84. The van der Waals surface area contributed by atoms with Crippen molar-refractivity contribution in [3.05, 3.63) is 71.3 Å². The van der Waals surface area contributed by atoms with E-state index in [0.717, 1.165) is 0 Å². The van der Waals surface area contributed by atoms with Gasteiger partial charge in [0.15, 0.2) is 0 Å². The molecule has 0 fully saturated rings. The van der Waals surface area contributed by atoms with Crippen LogP contribution in [-0.2, 0) is 0 Å². The molecule has 2 aromatic carbocycles. The van der Waals surface area contributed by atoms with E-state index in [1.807, 2.05) is 18.2 Å². The van der Waals surface area contributed by atoms with Crippen LogP contribution in [0.1, 0.15) is 26.3 Å². The zero-order valence-corrected chi connectivity index (χ0v) is 10.4. The Morgan fingerprint density at radius 1 is 0.737 bits per heavy atom. The average Bonchev–Trinajstić information content (AvgIpc) is 2.40. The number of rotatable bonds is 2. The molecule has 0 aromatic heterocycles. The minimum atomic E-state index is -1.06. The van der Waals surface area contributed by atoms with Crippen molar-refractivity contribution in [2.45, 2.75) is 6.92 Å². The van der Waals surface area contributed by atoms with Crippen LogP contribution in [0, 0.1) is 6.92 Å². The average molecular weight is 258 g/mol. The molecule has 98 valence electrons. The highest BCUT2D eigenvalue weighted by atomic mass is 16.4. The van der Waals surface area contributed by atoms with Gasteiger partial charge in [0, 0.05) is 0 Å². The summed E-state index contributed by atoms with van der Waals surface area (Å²) in [5.41, 5.74) is 1.49. The Kier molecular flexibility index (Phi) is 5.29. The van der Waals surface area contributed by atoms with E-state index in [2.05, 4.69) is 19.1 Å². The van der Waals surface area contributed by atoms with Crippen molar-refractivity contribution in [3.63, 3.8) is 0 Å². The van der Waals surface area contributed by atoms with Crippen molar-refractivity contribution < 1.29 is 19.8 Å². The third-order valence-corrected chi connectivity index (χ3v) is 2.32. The summed E-state index contributed by atoms with van der Waals surface area (Å²) < 4.78 is 0. The van der Waals surface area contributed by atoms with Crippen LogP contribution in [0.5, 0.6) is 0 Å². The SMILES string of the molecule is Cc1ccccc1.O=C(O)c1ccc(C(=O)O)cc1. The Morgan fingerprint density at radius 2 is 1.11 bits per heavy atom. The van der Waals surface area contributed by atoms with E-state index in [9.17, 15) is 9.59 Å². The van der Waals surface area contributed by atoms with Crippen molar-refractivity contribution in [1.29, 1.82) is 0 Å². The van der Waals surface area contributed by atoms with Crippen molar-refractivity contribution in [1.82, 2.24) is 0 Å². The van der Waals surface area contributed by atoms with E-state index in [4.69, 9.17) is 10.2 Å². The molecule has 0 atom stereocenters. The maximum atomic E-state index is 10.3. The lowest BCUT2D eigenvalue weighted by Crippen LogP contribution is -1.99. The summed E-state index contributed by atoms with van der Waals surface area (Å²) in [6.45, 7) is 2.08. The third-order valence-electron chi connectivity index (χ3n) is 2.32. The smallest absolute Gasteiger partial charge is 0.335 e. The lowest BCUT2D eigenvalue weighted by Gasteiger charge is -1.94. The fourth-order valence-corrected chi connectivity index (χ4v) is 1.29. The van der Waals surface area contributed by atoms with Gasteiger partial charge in [-0.25, -0.2) is 9.59 Å². The van der Waals surface area contributed by atoms with Crippen LogP contribution < -0.4 is 0 Å². The predicted molar refractivity (Wildman–Crippen MR) is 71.5 cm³/mol. The molecule has 2 N–H and O–H groups in total. The van der Waals surface area contributed by atoms with Crippen LogP contribution >= 0.6 is 0 Å². The van der Waals surface area contributed by atoms with Crippen LogP contribution in [0.4, 0.5) is 0 Å². The van der Waals surface area contributed by atoms with Gasteiger partial charge in [0.2, 0.25) is 0 Å². The first-order valence-electron chi connectivity index (χ1n) is 5.59. The topological polar surface area (TPSA) is 74.6 Å². The summed E-state index contributed by atoms with van der Waals surface area (Å²) >= 11 is 0. The molecule has 0 spiro atoms. The summed E-state index contributed by atoms with van der Waals surface area (Å²) in [7, 11) is 0. The molecule has 0 aliphatic rings. The van der Waals surface area contributed by atoms with E-state index < -0.39 is 11.9 Å². The second-order valence-electron chi connectivity index (χ2n) is 3.84. The van der Waals surface area contributed by atoms with Crippen LogP contribution in [0.15, 0.2) is 54.6 Å². The van der Waals surface area contributed by atoms with Gasteiger partial charge < -0.3 is 10.2 Å². The number of hydrogen-bond donors (Lipinski definition) is 2. The summed E-state index contributed by atoms with van der Waals surface area (Å²) in [6, 6.07) is 15.3. The molecule has 0 aliphatic carbocycles. The number of carbonyl (C=O) groups is 2. The molecule has 0 amide bonds. The highest BCUT2D eigenvalue weighted by Gasteiger charge is 2.04. The monoisotopic (exact) mass is 258 g/mol. The highest BCUT2D eigenvalue weighted by Crippen LogP contribution is 2.03. The number of aryl methyl sites for hydroxylation is 1. The first-order chi connectivity index (χ1) is 9.00. The molecule has 0 radical (unpaired) electrons. The van der Waals surface area contributed by atoms with Gasteiger partial charge in [-0.1, -0.05) is 35.9 Å². The molecule has 0 heterocycles. The van der Waals surface area contributed by atoms with Gasteiger partial charge in [0.25, 0.3) is 0 Å². The fourth-order valence-electron chi connectivity index (χ4n) is 1.29. The van der Waals surface area contributed by atoms with Gasteiger partial charge in [-0.05, 0) is 31.2 Å². The minimum Gasteiger partial charge on any atom is -0.478 e. The van der Waals surface area contributed by atoms with E-state index >= 15 is 0 Å². The summed E-state index contributed by atoms with van der Waals surface area (Å²) in [5.74, 6) is -2.13. The third kappa shape index (κ3) is 5.04. The first kappa shape index (κ1) is 14.4. The molecule has 0 unspecified atom stereocenters. The molecule has 4 nitrogen and oxygen atoms in total. The van der Waals surface area contributed by atoms with Crippen molar-refractivity contribution >= 4 is 11.9 Å². The molecule has 2 aromatic rings. The largest absolute Gasteiger partial charge is 0.478 e. The molecule has 0 saturated heterocycles. The predicted octanol–water partition coefficient (Wildman–Crippen LogP) is 3.08. The van der Waals surface area contributed by atoms with Gasteiger partial charge in [-0.3, -0.25) is 0 Å². The fraction of sp³-hybridized carbons (Fsp3) is 0.0667. The normalized spacial score (nSPS) is 9.11. The first-order valence-corrected chi connectivity index (χ1v) is 5.59. The lowest BCUT2D eigenvalue weighted by molar-refractivity contribution is 0.0681. The summed E-state index contributed by atoms with van der Waals surface area (Å²) in [6.07, 6.45) is 0. The zero-order chi connectivity index (χ0) is 14.3. The molecule has 2 rings (SSSR count). The number of carboxylic acid groups (broad SMARTS) is 2. The molecular weight excluding hydrogens is 244 g/mol. The van der Waals surface area contributed by atoms with Crippen LogP contribution in [0.25, 0.3) is 0 Å². The second kappa shape index (κ2) is 6.96. The van der Waals surface area contributed by atoms with E-state index in [1.54, 1.807) is 0 Å². The number of hydrogen-bond acceptors (Lipinski definition) is 2. The van der Waals surface area contributed by atoms with E-state index in [1.165, 1.54) is 29.8 Å². The van der Waals surface area contributed by atoms with Crippen molar-refractivity contribution in [2.24, 2.45) is 0 Å². The Labute approximate surface area is 111 Å². The Morgan fingerprint density at radius 3 is 1.32 bits per heavy atom. The zero-order valence-electron chi connectivity index (χ0n) is 10.4. The minimum absolute atomic E-state index is 0.0833.